The van der Waals surface area contributed by atoms with Crippen molar-refractivity contribution in [1.82, 2.24) is 19.2 Å². The fraction of sp³-hybridized carbons (Fsp3) is 0.333. The molecule has 1 fully saturated rings. The highest BCUT2D eigenvalue weighted by molar-refractivity contribution is 7.92. The van der Waals surface area contributed by atoms with Crippen molar-refractivity contribution in [3.63, 3.8) is 0 Å². The van der Waals surface area contributed by atoms with Gasteiger partial charge in [0.2, 0.25) is 0 Å². The Morgan fingerprint density at radius 1 is 1.29 bits per heavy atom. The largest absolute Gasteiger partial charge is 0.379 e. The Morgan fingerprint density at radius 3 is 3.04 bits per heavy atom. The van der Waals surface area contributed by atoms with E-state index >= 15 is 0 Å². The van der Waals surface area contributed by atoms with Gasteiger partial charge in [0, 0.05) is 18.9 Å². The Hall–Kier alpha value is -2.39. The van der Waals surface area contributed by atoms with Crippen LogP contribution in [0.25, 0.3) is 5.65 Å². The summed E-state index contributed by atoms with van der Waals surface area (Å²) in [5, 5.41) is 4.34. The van der Waals surface area contributed by atoms with Gasteiger partial charge in [-0.1, -0.05) is 6.07 Å². The second kappa shape index (κ2) is 5.91. The maximum atomic E-state index is 12.8. The monoisotopic (exact) mass is 347 g/mol. The lowest BCUT2D eigenvalue weighted by Gasteiger charge is -2.24. The minimum atomic E-state index is -3.78. The molecule has 4 rings (SSSR count). The van der Waals surface area contributed by atoms with Crippen LogP contribution in [-0.2, 0) is 14.8 Å². The molecule has 0 saturated carbocycles. The Kier molecular flexibility index (Phi) is 3.73. The van der Waals surface area contributed by atoms with Crippen LogP contribution in [0.15, 0.2) is 47.9 Å². The van der Waals surface area contributed by atoms with Gasteiger partial charge in [-0.05, 0) is 25.0 Å². The minimum absolute atomic E-state index is 0.0358. The summed E-state index contributed by atoms with van der Waals surface area (Å²) in [6, 6.07) is 7.01. The summed E-state index contributed by atoms with van der Waals surface area (Å²) in [6.45, 7) is 1.27. The van der Waals surface area contributed by atoms with Crippen molar-refractivity contribution in [2.24, 2.45) is 0 Å². The van der Waals surface area contributed by atoms with E-state index in [1.807, 2.05) is 6.07 Å². The zero-order valence-electron chi connectivity index (χ0n) is 12.9. The minimum Gasteiger partial charge on any atom is -0.379 e. The molecule has 0 spiro atoms. The number of hydrogen-bond acceptors (Lipinski definition) is 5. The van der Waals surface area contributed by atoms with E-state index in [1.165, 1.54) is 10.6 Å². The van der Waals surface area contributed by atoms with Crippen LogP contribution in [0.5, 0.6) is 0 Å². The molecule has 1 N–H and O–H groups in total. The summed E-state index contributed by atoms with van der Waals surface area (Å²) in [5.74, 6) is 0.427. The van der Waals surface area contributed by atoms with Gasteiger partial charge < -0.3 is 4.74 Å². The number of pyridine rings is 1. The molecule has 1 atom stereocenters. The standard InChI is InChI=1S/C15H17N5O3S/c21-24(22,15-10-16-13-5-1-2-8-19(13)15)18-14-6-7-17-20(14)12-4-3-9-23-11-12/h1-2,5-8,10,12,18H,3-4,9,11H2. The third-order valence-electron chi connectivity index (χ3n) is 4.05. The molecule has 9 heteroatoms. The molecule has 0 radical (unpaired) electrons. The average molecular weight is 347 g/mol. The molecule has 3 aromatic heterocycles. The molecule has 0 amide bonds. The van der Waals surface area contributed by atoms with Gasteiger partial charge in [-0.2, -0.15) is 13.5 Å². The molecule has 1 aliphatic heterocycles. The highest BCUT2D eigenvalue weighted by Gasteiger charge is 2.24. The molecule has 126 valence electrons. The Balaban J connectivity index is 1.66. The maximum absolute atomic E-state index is 12.8. The third-order valence-corrected chi connectivity index (χ3v) is 5.38. The summed E-state index contributed by atoms with van der Waals surface area (Å²) in [7, 11) is -3.78. The number of aromatic nitrogens is 4. The van der Waals surface area contributed by atoms with Crippen molar-refractivity contribution in [3.8, 4) is 0 Å². The van der Waals surface area contributed by atoms with E-state index in [2.05, 4.69) is 14.8 Å². The Bertz CT molecular complexity index is 956. The van der Waals surface area contributed by atoms with Crippen LogP contribution in [0.1, 0.15) is 18.9 Å². The molecular weight excluding hydrogens is 330 g/mol. The van der Waals surface area contributed by atoms with Gasteiger partial charge in [-0.15, -0.1) is 0 Å². The molecule has 1 aliphatic rings. The van der Waals surface area contributed by atoms with E-state index in [9.17, 15) is 8.42 Å². The number of sulfonamides is 1. The van der Waals surface area contributed by atoms with Crippen molar-refractivity contribution in [2.45, 2.75) is 23.9 Å². The van der Waals surface area contributed by atoms with Crippen LogP contribution in [0, 0.1) is 0 Å². The van der Waals surface area contributed by atoms with Gasteiger partial charge in [-0.3, -0.25) is 9.12 Å². The third kappa shape index (κ3) is 2.65. The van der Waals surface area contributed by atoms with Gasteiger partial charge in [0.1, 0.15) is 11.5 Å². The van der Waals surface area contributed by atoms with Crippen molar-refractivity contribution in [1.29, 1.82) is 0 Å². The highest BCUT2D eigenvalue weighted by Crippen LogP contribution is 2.24. The number of rotatable bonds is 4. The molecule has 0 aliphatic carbocycles. The summed E-state index contributed by atoms with van der Waals surface area (Å²) >= 11 is 0. The lowest BCUT2D eigenvalue weighted by atomic mass is 10.1. The first-order valence-corrected chi connectivity index (χ1v) is 9.20. The number of anilines is 1. The molecule has 3 aromatic rings. The van der Waals surface area contributed by atoms with E-state index in [1.54, 1.807) is 35.3 Å². The van der Waals surface area contributed by atoms with E-state index in [0.717, 1.165) is 19.4 Å². The predicted molar refractivity (Wildman–Crippen MR) is 87.3 cm³/mol. The van der Waals surface area contributed by atoms with Gasteiger partial charge in [0.15, 0.2) is 5.03 Å². The first kappa shape index (κ1) is 15.2. The first-order valence-electron chi connectivity index (χ1n) is 7.71. The van der Waals surface area contributed by atoms with Gasteiger partial charge >= 0.3 is 0 Å². The van der Waals surface area contributed by atoms with Gasteiger partial charge in [0.05, 0.1) is 25.0 Å². The quantitative estimate of drug-likeness (QED) is 0.775. The van der Waals surface area contributed by atoms with Crippen LogP contribution >= 0.6 is 0 Å². The Morgan fingerprint density at radius 2 is 2.21 bits per heavy atom. The van der Waals surface area contributed by atoms with Crippen molar-refractivity contribution >= 4 is 21.5 Å². The second-order valence-electron chi connectivity index (χ2n) is 5.66. The fourth-order valence-electron chi connectivity index (χ4n) is 2.90. The molecule has 1 saturated heterocycles. The summed E-state index contributed by atoms with van der Waals surface area (Å²) in [5.41, 5.74) is 0.576. The molecule has 4 heterocycles. The van der Waals surface area contributed by atoms with Gasteiger partial charge in [0.25, 0.3) is 10.0 Å². The van der Waals surface area contributed by atoms with Crippen LogP contribution in [0.4, 0.5) is 5.82 Å². The molecule has 1 unspecified atom stereocenters. The molecule has 0 aromatic carbocycles. The van der Waals surface area contributed by atoms with E-state index < -0.39 is 10.0 Å². The van der Waals surface area contributed by atoms with Crippen LogP contribution < -0.4 is 4.72 Å². The number of fused-ring (bicyclic) bond motifs is 1. The normalized spacial score (nSPS) is 18.8. The van der Waals surface area contributed by atoms with Crippen molar-refractivity contribution in [3.05, 3.63) is 42.9 Å². The van der Waals surface area contributed by atoms with E-state index in [-0.39, 0.29) is 11.1 Å². The van der Waals surface area contributed by atoms with E-state index in [4.69, 9.17) is 4.74 Å². The highest BCUT2D eigenvalue weighted by atomic mass is 32.2. The predicted octanol–water partition coefficient (Wildman–Crippen LogP) is 1.68. The number of imidazole rings is 1. The van der Waals surface area contributed by atoms with Crippen molar-refractivity contribution in [2.75, 3.05) is 17.9 Å². The average Bonchev–Trinajstić information content (AvgIpc) is 3.22. The zero-order valence-corrected chi connectivity index (χ0v) is 13.7. The maximum Gasteiger partial charge on any atom is 0.280 e. The van der Waals surface area contributed by atoms with Crippen molar-refractivity contribution < 1.29 is 13.2 Å². The van der Waals surface area contributed by atoms with E-state index in [0.29, 0.717) is 18.1 Å². The Labute approximate surface area is 139 Å². The fourth-order valence-corrected chi connectivity index (χ4v) is 4.05. The number of ether oxygens (including phenoxy) is 1. The van der Waals surface area contributed by atoms with Crippen LogP contribution in [-0.4, -0.2) is 40.8 Å². The number of hydrogen-bond donors (Lipinski definition) is 1. The summed E-state index contributed by atoms with van der Waals surface area (Å²) < 4.78 is 36.8. The first-order chi connectivity index (χ1) is 11.6. The topological polar surface area (TPSA) is 90.5 Å². The molecule has 8 nitrogen and oxygen atoms in total. The summed E-state index contributed by atoms with van der Waals surface area (Å²) in [6.07, 6.45) is 6.45. The van der Waals surface area contributed by atoms with Crippen LogP contribution in [0.3, 0.4) is 0 Å². The van der Waals surface area contributed by atoms with Crippen LogP contribution in [0.2, 0.25) is 0 Å². The lowest BCUT2D eigenvalue weighted by Crippen LogP contribution is -2.25. The zero-order chi connectivity index (χ0) is 16.6. The molecule has 0 bridgehead atoms. The molecule has 24 heavy (non-hydrogen) atoms. The SMILES string of the molecule is O=S(=O)(Nc1ccnn1C1CCCOC1)c1cnc2ccccn12. The summed E-state index contributed by atoms with van der Waals surface area (Å²) in [4.78, 5) is 4.13. The number of nitrogens with zero attached hydrogens (tertiary/aromatic N) is 4. The second-order valence-corrected chi connectivity index (χ2v) is 7.29. The number of nitrogens with one attached hydrogen (secondary N) is 1. The van der Waals surface area contributed by atoms with Gasteiger partial charge in [-0.25, -0.2) is 9.67 Å². The lowest BCUT2D eigenvalue weighted by molar-refractivity contribution is 0.0557. The smallest absolute Gasteiger partial charge is 0.280 e. The molecular formula is C15H17N5O3S.